The molecule has 3 aromatic rings. The van der Waals surface area contributed by atoms with E-state index in [0.29, 0.717) is 16.7 Å². The predicted molar refractivity (Wildman–Crippen MR) is 112 cm³/mol. The Bertz CT molecular complexity index is 1140. The number of carbonyl (C=O) groups is 2. The summed E-state index contributed by atoms with van der Waals surface area (Å²) < 4.78 is 6.51. The minimum Gasteiger partial charge on any atom is -0.465 e. The number of ether oxygens (including phenoxy) is 1. The zero-order valence-electron chi connectivity index (χ0n) is 16.6. The smallest absolute Gasteiger partial charge is 0.325 e. The molecule has 0 spiro atoms. The minimum absolute atomic E-state index is 0.00616. The number of rotatable bonds is 9. The van der Waals surface area contributed by atoms with E-state index in [1.165, 1.54) is 6.07 Å². The van der Waals surface area contributed by atoms with Gasteiger partial charge in [0.2, 0.25) is 5.91 Å². The van der Waals surface area contributed by atoms with Crippen molar-refractivity contribution in [2.24, 2.45) is 0 Å². The van der Waals surface area contributed by atoms with E-state index < -0.39 is 17.2 Å². The number of H-pyrrole nitrogens is 2. The molecule has 31 heavy (non-hydrogen) atoms. The van der Waals surface area contributed by atoms with Gasteiger partial charge in [-0.15, -0.1) is 10.2 Å². The number of carbonyl (C=O) groups excluding carboxylic acids is 2. The molecule has 162 valence electrons. The fraction of sp³-hybridized carbons (Fsp3) is 0.263. The number of amides is 1. The van der Waals surface area contributed by atoms with Gasteiger partial charge in [0.15, 0.2) is 5.16 Å². The van der Waals surface area contributed by atoms with Gasteiger partial charge in [-0.25, -0.2) is 4.79 Å². The normalized spacial score (nSPS) is 10.6. The van der Waals surface area contributed by atoms with Crippen molar-refractivity contribution in [1.29, 1.82) is 0 Å². The van der Waals surface area contributed by atoms with E-state index in [1.54, 1.807) is 11.5 Å². The first kappa shape index (κ1) is 22.0. The second-order valence-electron chi connectivity index (χ2n) is 6.23. The second-order valence-corrected chi connectivity index (χ2v) is 7.17. The molecule has 3 rings (SSSR count). The SMILES string of the molecule is CCOC(=O)CNC(=O)CSc1nnc(Cc2cc(=O)[nH]c(=O)[nH]2)n1-c1ccccc1. The van der Waals surface area contributed by atoms with Crippen molar-refractivity contribution in [2.75, 3.05) is 18.9 Å². The lowest BCUT2D eigenvalue weighted by Crippen LogP contribution is -2.31. The number of esters is 1. The molecule has 0 radical (unpaired) electrons. The van der Waals surface area contributed by atoms with Crippen LogP contribution in [0.2, 0.25) is 0 Å². The summed E-state index contributed by atoms with van der Waals surface area (Å²) in [6, 6.07) is 10.5. The molecule has 0 aliphatic rings. The molecule has 2 heterocycles. The standard InChI is InChI=1S/C19H20N6O5S/c1-2-30-17(28)10-20-16(27)11-31-19-24-23-14(25(19)13-6-4-3-5-7-13)8-12-9-15(26)22-18(29)21-12/h3-7,9H,2,8,10-11H2,1H3,(H,20,27)(H2,21,22,26,29). The van der Waals surface area contributed by atoms with Gasteiger partial charge in [-0.1, -0.05) is 30.0 Å². The highest BCUT2D eigenvalue weighted by molar-refractivity contribution is 7.99. The fourth-order valence-electron chi connectivity index (χ4n) is 2.69. The Morgan fingerprint density at radius 1 is 1.16 bits per heavy atom. The predicted octanol–water partition coefficient (Wildman–Crippen LogP) is 0.00610. The van der Waals surface area contributed by atoms with Gasteiger partial charge in [0.05, 0.1) is 12.4 Å². The summed E-state index contributed by atoms with van der Waals surface area (Å²) in [5.74, 6) is -0.392. The van der Waals surface area contributed by atoms with Crippen molar-refractivity contribution < 1.29 is 14.3 Å². The number of nitrogens with one attached hydrogen (secondary N) is 3. The number of para-hydroxylation sites is 1. The summed E-state index contributed by atoms with van der Waals surface area (Å²) in [4.78, 5) is 51.3. The Hall–Kier alpha value is -3.67. The van der Waals surface area contributed by atoms with Gasteiger partial charge in [0, 0.05) is 23.9 Å². The van der Waals surface area contributed by atoms with Crippen LogP contribution in [0.3, 0.4) is 0 Å². The third-order valence-corrected chi connectivity index (χ3v) is 4.88. The van der Waals surface area contributed by atoms with Crippen molar-refractivity contribution in [2.45, 2.75) is 18.5 Å². The summed E-state index contributed by atoms with van der Waals surface area (Å²) in [5.41, 5.74) is 0.00437. The first-order valence-corrected chi connectivity index (χ1v) is 10.3. The van der Waals surface area contributed by atoms with Crippen molar-refractivity contribution in [1.82, 2.24) is 30.0 Å². The average molecular weight is 444 g/mol. The molecule has 0 saturated heterocycles. The van der Waals surface area contributed by atoms with E-state index in [2.05, 4.69) is 25.5 Å². The fourth-order valence-corrected chi connectivity index (χ4v) is 3.49. The van der Waals surface area contributed by atoms with E-state index in [1.807, 2.05) is 30.3 Å². The molecule has 0 aliphatic carbocycles. The van der Waals surface area contributed by atoms with Crippen LogP contribution in [-0.4, -0.2) is 55.5 Å². The van der Waals surface area contributed by atoms with Crippen molar-refractivity contribution in [3.05, 3.63) is 68.8 Å². The summed E-state index contributed by atoms with van der Waals surface area (Å²) in [7, 11) is 0. The van der Waals surface area contributed by atoms with Gasteiger partial charge in [-0.3, -0.25) is 23.9 Å². The Labute approximate surface area is 180 Å². The van der Waals surface area contributed by atoms with E-state index >= 15 is 0 Å². The van der Waals surface area contributed by atoms with E-state index in [0.717, 1.165) is 17.4 Å². The highest BCUT2D eigenvalue weighted by Gasteiger charge is 2.17. The maximum absolute atomic E-state index is 12.1. The number of nitrogens with zero attached hydrogens (tertiary/aromatic N) is 3. The van der Waals surface area contributed by atoms with Gasteiger partial charge in [-0.2, -0.15) is 0 Å². The molecule has 0 fully saturated rings. The summed E-state index contributed by atoms with van der Waals surface area (Å²) >= 11 is 1.14. The number of hydrogen-bond acceptors (Lipinski definition) is 8. The lowest BCUT2D eigenvalue weighted by molar-refractivity contribution is -0.143. The van der Waals surface area contributed by atoms with Crippen LogP contribution in [-0.2, 0) is 20.7 Å². The van der Waals surface area contributed by atoms with Crippen LogP contribution < -0.4 is 16.6 Å². The monoisotopic (exact) mass is 444 g/mol. The Morgan fingerprint density at radius 2 is 1.94 bits per heavy atom. The topological polar surface area (TPSA) is 152 Å². The lowest BCUT2D eigenvalue weighted by atomic mass is 10.2. The zero-order valence-corrected chi connectivity index (χ0v) is 17.4. The van der Waals surface area contributed by atoms with Crippen LogP contribution in [0.4, 0.5) is 0 Å². The van der Waals surface area contributed by atoms with Crippen LogP contribution in [0, 0.1) is 0 Å². The van der Waals surface area contributed by atoms with Gasteiger partial charge >= 0.3 is 11.7 Å². The maximum atomic E-state index is 12.1. The molecule has 11 nitrogen and oxygen atoms in total. The highest BCUT2D eigenvalue weighted by atomic mass is 32.2. The lowest BCUT2D eigenvalue weighted by Gasteiger charge is -2.10. The summed E-state index contributed by atoms with van der Waals surface area (Å²) in [6.07, 6.45) is 0.149. The molecule has 1 aromatic carbocycles. The minimum atomic E-state index is -0.610. The van der Waals surface area contributed by atoms with Crippen molar-refractivity contribution in [3.8, 4) is 5.69 Å². The summed E-state index contributed by atoms with van der Waals surface area (Å²) in [6.45, 7) is 1.72. The average Bonchev–Trinajstić information content (AvgIpc) is 3.13. The largest absolute Gasteiger partial charge is 0.465 e. The number of thioether (sulfide) groups is 1. The van der Waals surface area contributed by atoms with Gasteiger partial charge in [0.25, 0.3) is 5.56 Å². The van der Waals surface area contributed by atoms with Gasteiger partial charge in [-0.05, 0) is 19.1 Å². The third kappa shape index (κ3) is 6.15. The number of benzene rings is 1. The molecular formula is C19H20N6O5S. The zero-order chi connectivity index (χ0) is 22.2. The van der Waals surface area contributed by atoms with Gasteiger partial charge in [0.1, 0.15) is 12.4 Å². The number of aromatic nitrogens is 5. The van der Waals surface area contributed by atoms with Crippen LogP contribution >= 0.6 is 11.8 Å². The summed E-state index contributed by atoms with van der Waals surface area (Å²) in [5, 5.41) is 11.3. The van der Waals surface area contributed by atoms with Gasteiger partial charge < -0.3 is 15.0 Å². The van der Waals surface area contributed by atoms with Crippen LogP contribution in [0.25, 0.3) is 5.69 Å². The molecule has 2 aromatic heterocycles. The Balaban J connectivity index is 1.79. The van der Waals surface area contributed by atoms with Crippen LogP contribution in [0.15, 0.2) is 51.1 Å². The second kappa shape index (κ2) is 10.4. The molecule has 12 heteroatoms. The molecular weight excluding hydrogens is 424 g/mol. The molecule has 0 saturated carbocycles. The Kier molecular flexibility index (Phi) is 7.38. The first-order valence-electron chi connectivity index (χ1n) is 9.33. The molecule has 0 aliphatic heterocycles. The third-order valence-electron chi connectivity index (χ3n) is 3.95. The maximum Gasteiger partial charge on any atom is 0.325 e. The van der Waals surface area contributed by atoms with Crippen LogP contribution in [0.5, 0.6) is 0 Å². The quantitative estimate of drug-likeness (QED) is 0.308. The van der Waals surface area contributed by atoms with Crippen LogP contribution in [0.1, 0.15) is 18.4 Å². The van der Waals surface area contributed by atoms with Crippen molar-refractivity contribution in [3.63, 3.8) is 0 Å². The molecule has 0 bridgehead atoms. The number of hydrogen-bond donors (Lipinski definition) is 3. The molecule has 1 amide bonds. The first-order chi connectivity index (χ1) is 15.0. The number of aromatic amines is 2. The van der Waals surface area contributed by atoms with E-state index in [4.69, 9.17) is 4.74 Å². The highest BCUT2D eigenvalue weighted by Crippen LogP contribution is 2.22. The molecule has 0 unspecified atom stereocenters. The molecule has 0 atom stereocenters. The Morgan fingerprint density at radius 3 is 2.65 bits per heavy atom. The van der Waals surface area contributed by atoms with E-state index in [9.17, 15) is 19.2 Å². The molecule has 3 N–H and O–H groups in total. The van der Waals surface area contributed by atoms with Crippen molar-refractivity contribution >= 4 is 23.6 Å². The van der Waals surface area contributed by atoms with E-state index in [-0.39, 0.29) is 31.2 Å².